The number of nitrogens with two attached hydrogens (primary N) is 1. The molecule has 0 unspecified atom stereocenters. The van der Waals surface area contributed by atoms with E-state index in [2.05, 4.69) is 0 Å². The highest BCUT2D eigenvalue weighted by Gasteiger charge is 2.67. The quantitative estimate of drug-likeness (QED) is 0.773. The van der Waals surface area contributed by atoms with Crippen molar-refractivity contribution in [3.05, 3.63) is 35.9 Å². The number of benzene rings is 1. The van der Waals surface area contributed by atoms with E-state index in [1.165, 1.54) is 0 Å². The van der Waals surface area contributed by atoms with Crippen molar-refractivity contribution in [1.29, 1.82) is 0 Å². The van der Waals surface area contributed by atoms with Crippen LogP contribution in [0.1, 0.15) is 11.5 Å². The van der Waals surface area contributed by atoms with Crippen LogP contribution in [0.3, 0.4) is 0 Å². The van der Waals surface area contributed by atoms with Gasteiger partial charge in [0.15, 0.2) is 9.84 Å². The van der Waals surface area contributed by atoms with Crippen LogP contribution in [-0.2, 0) is 9.84 Å². The molecule has 16 heavy (non-hydrogen) atoms. The molecule has 1 aromatic carbocycles. The van der Waals surface area contributed by atoms with Crippen LogP contribution in [0.15, 0.2) is 30.3 Å². The molecule has 1 aliphatic rings. The number of hydrogen-bond acceptors (Lipinski definition) is 4. The molecule has 1 aliphatic carbocycles. The second-order valence-corrected chi connectivity index (χ2v) is 6.58. The Hall–Kier alpha value is -0.910. The molecule has 0 amide bonds. The summed E-state index contributed by atoms with van der Waals surface area (Å²) >= 11 is 0. The third kappa shape index (κ3) is 1.65. The van der Waals surface area contributed by atoms with E-state index in [0.29, 0.717) is 0 Å². The van der Waals surface area contributed by atoms with Gasteiger partial charge in [-0.25, -0.2) is 8.42 Å². The summed E-state index contributed by atoms with van der Waals surface area (Å²) in [5, 5.41) is 8.57. The molecule has 0 bridgehead atoms. The Kier molecular flexibility index (Phi) is 2.57. The highest BCUT2D eigenvalue weighted by atomic mass is 32.2. The van der Waals surface area contributed by atoms with Crippen molar-refractivity contribution in [2.45, 2.75) is 16.7 Å². The normalized spacial score (nSPS) is 33.7. The molecular weight excluding hydrogens is 226 g/mol. The van der Waals surface area contributed by atoms with Gasteiger partial charge < -0.3 is 10.8 Å². The number of aliphatic hydroxyl groups excluding tert-OH is 1. The van der Waals surface area contributed by atoms with E-state index in [9.17, 15) is 13.5 Å². The molecule has 4 nitrogen and oxygen atoms in total. The van der Waals surface area contributed by atoms with Crippen LogP contribution in [-0.4, -0.2) is 37.2 Å². The topological polar surface area (TPSA) is 80.4 Å². The number of hydrogen-bond donors (Lipinski definition) is 2. The van der Waals surface area contributed by atoms with E-state index >= 15 is 0 Å². The maximum atomic E-state index is 11.6. The van der Waals surface area contributed by atoms with Crippen LogP contribution in [0.2, 0.25) is 0 Å². The standard InChI is InChI=1S/C11H15NO3S/c1-16(14,15)10-9(11(10,12)7-13)8-5-3-2-4-6-8/h2-6,9-10,13H,7,12H2,1H3/t9-,10+,11-/m0/s1. The average Bonchev–Trinajstić information content (AvgIpc) is 2.87. The first-order valence-corrected chi connectivity index (χ1v) is 7.00. The lowest BCUT2D eigenvalue weighted by Gasteiger charge is -2.06. The van der Waals surface area contributed by atoms with Crippen LogP contribution in [0, 0.1) is 0 Å². The third-order valence-electron chi connectivity index (χ3n) is 3.20. The summed E-state index contributed by atoms with van der Waals surface area (Å²) < 4.78 is 23.1. The van der Waals surface area contributed by atoms with Gasteiger partial charge >= 0.3 is 0 Å². The van der Waals surface area contributed by atoms with Gasteiger partial charge in [-0.2, -0.15) is 0 Å². The predicted molar refractivity (Wildman–Crippen MR) is 61.8 cm³/mol. The van der Waals surface area contributed by atoms with Crippen LogP contribution in [0.25, 0.3) is 0 Å². The number of sulfone groups is 1. The molecule has 1 saturated carbocycles. The summed E-state index contributed by atoms with van der Waals surface area (Å²) in [4.78, 5) is 0. The van der Waals surface area contributed by atoms with E-state index < -0.39 is 20.6 Å². The summed E-state index contributed by atoms with van der Waals surface area (Å²) in [6.07, 6.45) is 1.16. The summed E-state index contributed by atoms with van der Waals surface area (Å²) in [5.74, 6) is -0.298. The molecule has 1 aromatic rings. The van der Waals surface area contributed by atoms with Gasteiger partial charge in [0, 0.05) is 12.2 Å². The van der Waals surface area contributed by atoms with Gasteiger partial charge in [-0.05, 0) is 5.56 Å². The van der Waals surface area contributed by atoms with Gasteiger partial charge in [0.2, 0.25) is 0 Å². The van der Waals surface area contributed by atoms with Gasteiger partial charge in [0.1, 0.15) is 0 Å². The minimum absolute atomic E-state index is 0.298. The molecule has 3 atom stereocenters. The minimum atomic E-state index is -3.23. The Morgan fingerprint density at radius 1 is 1.38 bits per heavy atom. The number of aliphatic hydroxyl groups is 1. The van der Waals surface area contributed by atoms with Crippen molar-refractivity contribution in [2.24, 2.45) is 5.73 Å². The maximum Gasteiger partial charge on any atom is 0.152 e. The average molecular weight is 241 g/mol. The summed E-state index contributed by atoms with van der Waals surface area (Å²) in [6.45, 7) is -0.315. The monoisotopic (exact) mass is 241 g/mol. The van der Waals surface area contributed by atoms with Crippen LogP contribution in [0.4, 0.5) is 0 Å². The van der Waals surface area contributed by atoms with Gasteiger partial charge in [-0.1, -0.05) is 30.3 Å². The molecule has 3 N–H and O–H groups in total. The zero-order chi connectivity index (χ0) is 12.0. The van der Waals surface area contributed by atoms with Gasteiger partial charge in [-0.15, -0.1) is 0 Å². The zero-order valence-corrected chi connectivity index (χ0v) is 9.81. The van der Waals surface area contributed by atoms with Crippen LogP contribution < -0.4 is 5.73 Å². The third-order valence-corrected chi connectivity index (χ3v) is 4.83. The second kappa shape index (κ2) is 3.55. The molecular formula is C11H15NO3S. The zero-order valence-electron chi connectivity index (χ0n) is 9.00. The highest BCUT2D eigenvalue weighted by Crippen LogP contribution is 2.53. The lowest BCUT2D eigenvalue weighted by atomic mass is 10.1. The fourth-order valence-corrected chi connectivity index (χ4v) is 4.25. The molecule has 1 fully saturated rings. The van der Waals surface area contributed by atoms with E-state index in [1.807, 2.05) is 30.3 Å². The Morgan fingerprint density at radius 2 is 1.94 bits per heavy atom. The van der Waals surface area contributed by atoms with Gasteiger partial charge in [0.05, 0.1) is 17.4 Å². The molecule has 0 spiro atoms. The molecule has 0 aliphatic heterocycles. The lowest BCUT2D eigenvalue weighted by molar-refractivity contribution is 0.253. The molecule has 0 saturated heterocycles. The Balaban J connectivity index is 2.38. The van der Waals surface area contributed by atoms with E-state index in [1.54, 1.807) is 0 Å². The van der Waals surface area contributed by atoms with Crippen molar-refractivity contribution < 1.29 is 13.5 Å². The fraction of sp³-hybridized carbons (Fsp3) is 0.455. The second-order valence-electron chi connectivity index (χ2n) is 4.41. The molecule has 0 heterocycles. The molecule has 0 radical (unpaired) electrons. The maximum absolute atomic E-state index is 11.6. The van der Waals surface area contributed by atoms with Crippen molar-refractivity contribution >= 4 is 9.84 Å². The van der Waals surface area contributed by atoms with E-state index in [-0.39, 0.29) is 12.5 Å². The fourth-order valence-electron chi connectivity index (χ4n) is 2.40. The lowest BCUT2D eigenvalue weighted by Crippen LogP contribution is -2.34. The predicted octanol–water partition coefficient (Wildman–Crippen LogP) is -0.113. The van der Waals surface area contributed by atoms with Crippen molar-refractivity contribution in [3.63, 3.8) is 0 Å². The molecule has 2 rings (SSSR count). The van der Waals surface area contributed by atoms with Crippen LogP contribution >= 0.6 is 0 Å². The van der Waals surface area contributed by atoms with Crippen molar-refractivity contribution in [2.75, 3.05) is 12.9 Å². The van der Waals surface area contributed by atoms with E-state index in [4.69, 9.17) is 5.73 Å². The summed E-state index contributed by atoms with van der Waals surface area (Å²) in [6, 6.07) is 9.22. The summed E-state index contributed by atoms with van der Waals surface area (Å²) in [5.41, 5.74) is 5.77. The van der Waals surface area contributed by atoms with Crippen LogP contribution in [0.5, 0.6) is 0 Å². The smallest absolute Gasteiger partial charge is 0.152 e. The first kappa shape index (κ1) is 11.6. The van der Waals surface area contributed by atoms with E-state index in [0.717, 1.165) is 11.8 Å². The Labute approximate surface area is 95.0 Å². The molecule has 88 valence electrons. The number of rotatable bonds is 3. The first-order chi connectivity index (χ1) is 7.41. The highest BCUT2D eigenvalue weighted by molar-refractivity contribution is 7.91. The summed E-state index contributed by atoms with van der Waals surface area (Å²) in [7, 11) is -3.23. The molecule has 5 heteroatoms. The van der Waals surface area contributed by atoms with Crippen molar-refractivity contribution in [3.8, 4) is 0 Å². The van der Waals surface area contributed by atoms with Crippen molar-refractivity contribution in [1.82, 2.24) is 0 Å². The van der Waals surface area contributed by atoms with Gasteiger partial charge in [0.25, 0.3) is 0 Å². The molecule has 0 aromatic heterocycles. The first-order valence-electron chi connectivity index (χ1n) is 5.05. The Bertz CT molecular complexity index is 485. The largest absolute Gasteiger partial charge is 0.394 e. The SMILES string of the molecule is CS(=O)(=O)[C@@H]1[C@H](c2ccccc2)[C@@]1(N)CO. The van der Waals surface area contributed by atoms with Gasteiger partial charge in [-0.3, -0.25) is 0 Å². The minimum Gasteiger partial charge on any atom is -0.394 e. The Morgan fingerprint density at radius 3 is 2.31 bits per heavy atom.